The molecule has 0 saturated heterocycles. The topological polar surface area (TPSA) is 70.6 Å². The van der Waals surface area contributed by atoms with Gasteiger partial charge in [0, 0.05) is 28.3 Å². The number of hydrogen-bond acceptors (Lipinski definition) is 3. The van der Waals surface area contributed by atoms with E-state index in [1.54, 1.807) is 24.3 Å². The average Bonchev–Trinajstić information content (AvgIpc) is 3.28. The summed E-state index contributed by atoms with van der Waals surface area (Å²) in [7, 11) is 0. The van der Waals surface area contributed by atoms with Gasteiger partial charge in [0.1, 0.15) is 0 Å². The predicted octanol–water partition coefficient (Wildman–Crippen LogP) is 3.19. The van der Waals surface area contributed by atoms with Crippen LogP contribution in [-0.2, 0) is 4.79 Å². The molecule has 2 N–H and O–H groups in total. The number of carbonyl (C=O) groups is 2. The molecule has 2 amide bonds. The highest BCUT2D eigenvalue weighted by Crippen LogP contribution is 2.30. The molecule has 0 aromatic heterocycles. The lowest BCUT2D eigenvalue weighted by atomic mass is 9.91. The quantitative estimate of drug-likeness (QED) is 0.662. The van der Waals surface area contributed by atoms with Crippen LogP contribution in [0.4, 0.5) is 5.69 Å². The van der Waals surface area contributed by atoms with Crippen LogP contribution in [0.3, 0.4) is 0 Å². The summed E-state index contributed by atoms with van der Waals surface area (Å²) < 4.78 is 0. The van der Waals surface area contributed by atoms with Gasteiger partial charge in [-0.1, -0.05) is 20.8 Å². The molecule has 2 rings (SSSR count). The summed E-state index contributed by atoms with van der Waals surface area (Å²) in [5.41, 5.74) is 4.55. The molecule has 0 spiro atoms. The minimum atomic E-state index is -0.260. The van der Waals surface area contributed by atoms with Crippen LogP contribution in [0.2, 0.25) is 0 Å². The molecule has 5 nitrogen and oxygen atoms in total. The summed E-state index contributed by atoms with van der Waals surface area (Å²) in [6.07, 6.45) is 1.94. The number of hydrazone groups is 1. The Morgan fingerprint density at radius 1 is 1.14 bits per heavy atom. The van der Waals surface area contributed by atoms with Crippen molar-refractivity contribution < 1.29 is 9.59 Å². The first-order valence-corrected chi connectivity index (χ1v) is 7.53. The van der Waals surface area contributed by atoms with Crippen molar-refractivity contribution in [1.29, 1.82) is 0 Å². The zero-order valence-electron chi connectivity index (χ0n) is 13.6. The Bertz CT molecular complexity index is 593. The van der Waals surface area contributed by atoms with E-state index in [9.17, 15) is 9.59 Å². The third-order valence-corrected chi connectivity index (χ3v) is 3.77. The van der Waals surface area contributed by atoms with Crippen LogP contribution < -0.4 is 10.7 Å². The molecule has 0 bridgehead atoms. The zero-order chi connectivity index (χ0) is 16.3. The number of rotatable bonds is 4. The summed E-state index contributed by atoms with van der Waals surface area (Å²) >= 11 is 0. The van der Waals surface area contributed by atoms with Gasteiger partial charge in [-0.05, 0) is 44.0 Å². The van der Waals surface area contributed by atoms with Crippen LogP contribution in [0, 0.1) is 11.3 Å². The third-order valence-electron chi connectivity index (χ3n) is 3.77. The Balaban J connectivity index is 1.94. The van der Waals surface area contributed by atoms with Crippen molar-refractivity contribution in [2.45, 2.75) is 40.5 Å². The van der Waals surface area contributed by atoms with E-state index < -0.39 is 0 Å². The first-order valence-electron chi connectivity index (χ1n) is 7.53. The van der Waals surface area contributed by atoms with E-state index >= 15 is 0 Å². The van der Waals surface area contributed by atoms with Crippen molar-refractivity contribution in [3.63, 3.8) is 0 Å². The van der Waals surface area contributed by atoms with Gasteiger partial charge in [-0.15, -0.1) is 0 Å². The Morgan fingerprint density at radius 2 is 1.73 bits per heavy atom. The van der Waals surface area contributed by atoms with E-state index in [2.05, 4.69) is 15.8 Å². The molecule has 0 heterocycles. The Labute approximate surface area is 131 Å². The number of anilines is 1. The SMILES string of the molecule is CC(=NNC(=O)c1ccc(NC(=O)C2CC2)cc1)C(C)(C)C. The van der Waals surface area contributed by atoms with Crippen LogP contribution in [0.5, 0.6) is 0 Å². The summed E-state index contributed by atoms with van der Waals surface area (Å²) in [6, 6.07) is 6.82. The van der Waals surface area contributed by atoms with Gasteiger partial charge in [0.15, 0.2) is 0 Å². The van der Waals surface area contributed by atoms with Gasteiger partial charge in [-0.25, -0.2) is 5.43 Å². The largest absolute Gasteiger partial charge is 0.326 e. The minimum Gasteiger partial charge on any atom is -0.326 e. The Morgan fingerprint density at radius 3 is 2.23 bits per heavy atom. The van der Waals surface area contributed by atoms with Crippen molar-refractivity contribution in [3.8, 4) is 0 Å². The zero-order valence-corrected chi connectivity index (χ0v) is 13.6. The maximum absolute atomic E-state index is 12.0. The number of benzene rings is 1. The molecular weight excluding hydrogens is 278 g/mol. The third kappa shape index (κ3) is 4.41. The smallest absolute Gasteiger partial charge is 0.271 e. The van der Waals surface area contributed by atoms with Gasteiger partial charge >= 0.3 is 0 Å². The molecule has 0 aliphatic heterocycles. The van der Waals surface area contributed by atoms with E-state index in [1.165, 1.54) is 0 Å². The molecule has 1 aromatic carbocycles. The highest BCUT2D eigenvalue weighted by Gasteiger charge is 2.29. The van der Waals surface area contributed by atoms with Crippen LogP contribution >= 0.6 is 0 Å². The van der Waals surface area contributed by atoms with Crippen LogP contribution in [0.15, 0.2) is 29.4 Å². The molecule has 1 aliphatic rings. The Hall–Kier alpha value is -2.17. The summed E-state index contributed by atoms with van der Waals surface area (Å²) in [5, 5.41) is 6.96. The van der Waals surface area contributed by atoms with E-state index in [0.29, 0.717) is 11.3 Å². The Kier molecular flexibility index (Phi) is 4.64. The molecule has 1 aliphatic carbocycles. The van der Waals surface area contributed by atoms with Crippen molar-refractivity contribution in [2.24, 2.45) is 16.4 Å². The second kappa shape index (κ2) is 6.30. The second-order valence-corrected chi connectivity index (χ2v) is 6.73. The van der Waals surface area contributed by atoms with E-state index in [4.69, 9.17) is 0 Å². The fourth-order valence-corrected chi connectivity index (χ4v) is 1.66. The van der Waals surface area contributed by atoms with Crippen molar-refractivity contribution in [2.75, 3.05) is 5.32 Å². The van der Waals surface area contributed by atoms with Crippen molar-refractivity contribution >= 4 is 23.2 Å². The number of hydrogen-bond donors (Lipinski definition) is 2. The molecular formula is C17H23N3O2. The first kappa shape index (κ1) is 16.2. The summed E-state index contributed by atoms with van der Waals surface area (Å²) in [6.45, 7) is 8.00. The molecule has 22 heavy (non-hydrogen) atoms. The summed E-state index contributed by atoms with van der Waals surface area (Å²) in [5.74, 6) is -0.0380. The molecule has 1 fully saturated rings. The van der Waals surface area contributed by atoms with Gasteiger partial charge in [0.2, 0.25) is 5.91 Å². The number of carbonyl (C=O) groups excluding carboxylic acids is 2. The second-order valence-electron chi connectivity index (χ2n) is 6.73. The number of nitrogens with zero attached hydrogens (tertiary/aromatic N) is 1. The van der Waals surface area contributed by atoms with Crippen LogP contribution in [0.25, 0.3) is 0 Å². The molecule has 118 valence electrons. The first-order chi connectivity index (χ1) is 10.3. The van der Waals surface area contributed by atoms with E-state index in [1.807, 2.05) is 27.7 Å². The lowest BCUT2D eigenvalue weighted by molar-refractivity contribution is -0.117. The molecule has 0 atom stereocenters. The monoisotopic (exact) mass is 301 g/mol. The molecule has 0 radical (unpaired) electrons. The van der Waals surface area contributed by atoms with Gasteiger partial charge < -0.3 is 5.32 Å². The normalized spacial score (nSPS) is 15.4. The molecule has 1 saturated carbocycles. The van der Waals surface area contributed by atoms with Crippen molar-refractivity contribution in [3.05, 3.63) is 29.8 Å². The fraction of sp³-hybridized carbons (Fsp3) is 0.471. The number of nitrogens with one attached hydrogen (secondary N) is 2. The lowest BCUT2D eigenvalue weighted by Gasteiger charge is -2.17. The minimum absolute atomic E-state index is 0.0580. The van der Waals surface area contributed by atoms with Crippen LogP contribution in [-0.4, -0.2) is 17.5 Å². The maximum Gasteiger partial charge on any atom is 0.271 e. The lowest BCUT2D eigenvalue weighted by Crippen LogP contribution is -2.24. The highest BCUT2D eigenvalue weighted by molar-refractivity contribution is 5.97. The van der Waals surface area contributed by atoms with Gasteiger partial charge in [-0.3, -0.25) is 9.59 Å². The fourth-order valence-electron chi connectivity index (χ4n) is 1.66. The standard InChI is InChI=1S/C17H23N3O2/c1-11(17(2,3)4)19-20-16(22)13-7-9-14(10-8-13)18-15(21)12-5-6-12/h7-10,12H,5-6H2,1-4H3,(H,18,21)(H,20,22). The van der Waals surface area contributed by atoms with Crippen LogP contribution in [0.1, 0.15) is 50.9 Å². The highest BCUT2D eigenvalue weighted by atomic mass is 16.2. The van der Waals surface area contributed by atoms with Gasteiger partial charge in [-0.2, -0.15) is 5.10 Å². The predicted molar refractivity (Wildman–Crippen MR) is 87.8 cm³/mol. The molecule has 5 heteroatoms. The summed E-state index contributed by atoms with van der Waals surface area (Å²) in [4.78, 5) is 23.7. The molecule has 0 unspecified atom stereocenters. The maximum atomic E-state index is 12.0. The van der Waals surface area contributed by atoms with Gasteiger partial charge in [0.25, 0.3) is 5.91 Å². The average molecular weight is 301 g/mol. The van der Waals surface area contributed by atoms with Gasteiger partial charge in [0.05, 0.1) is 0 Å². The van der Waals surface area contributed by atoms with E-state index in [0.717, 1.165) is 18.6 Å². The molecule has 1 aromatic rings. The van der Waals surface area contributed by atoms with E-state index in [-0.39, 0.29) is 23.1 Å². The number of amides is 2. The van der Waals surface area contributed by atoms with Crippen molar-refractivity contribution in [1.82, 2.24) is 5.43 Å².